The summed E-state index contributed by atoms with van der Waals surface area (Å²) in [7, 11) is -1.84. The van der Waals surface area contributed by atoms with Gasteiger partial charge >= 0.3 is 0 Å². The maximum Gasteiger partial charge on any atom is 0.272 e. The summed E-state index contributed by atoms with van der Waals surface area (Å²) in [6.07, 6.45) is 4.92. The van der Waals surface area contributed by atoms with Crippen LogP contribution in [0.5, 0.6) is 0 Å². The zero-order valence-electron chi connectivity index (χ0n) is 15.4. The first kappa shape index (κ1) is 18.8. The van der Waals surface area contributed by atoms with Crippen LogP contribution in [-0.4, -0.2) is 8.32 Å². The molecule has 1 aromatic rings. The molecule has 0 aliphatic rings. The standard InChI is InChI=1S/C20H32OSi/c1-16(2)22(17(3)4,18(5)6)21-15-9-8-10-20-13-11-19(7)12-14-20/h11-14,16-18H,8,10H2,1-7H3. The molecule has 0 bridgehead atoms. The van der Waals surface area contributed by atoms with Crippen molar-refractivity contribution >= 4 is 8.32 Å². The fraction of sp³-hybridized carbons (Fsp3) is 0.600. The number of benzene rings is 1. The molecule has 0 fully saturated rings. The Morgan fingerprint density at radius 2 is 1.41 bits per heavy atom. The fourth-order valence-electron chi connectivity index (χ4n) is 3.49. The Balaban J connectivity index is 2.65. The van der Waals surface area contributed by atoms with E-state index in [2.05, 4.69) is 84.8 Å². The molecule has 122 valence electrons. The Hall–Kier alpha value is -1.20. The number of aryl methyl sites for hydroxylation is 2. The van der Waals surface area contributed by atoms with Crippen molar-refractivity contribution in [3.8, 4) is 12.0 Å². The highest BCUT2D eigenvalue weighted by Gasteiger charge is 2.46. The van der Waals surface area contributed by atoms with Gasteiger partial charge in [-0.15, -0.1) is 0 Å². The molecule has 1 rings (SSSR count). The summed E-state index contributed by atoms with van der Waals surface area (Å²) < 4.78 is 6.25. The van der Waals surface area contributed by atoms with Gasteiger partial charge < -0.3 is 4.43 Å². The average molecular weight is 317 g/mol. The van der Waals surface area contributed by atoms with E-state index in [0.29, 0.717) is 16.6 Å². The maximum atomic E-state index is 6.25. The first-order valence-corrected chi connectivity index (χ1v) is 10.7. The lowest BCUT2D eigenvalue weighted by molar-refractivity contribution is 0.446. The first-order chi connectivity index (χ1) is 10.3. The average Bonchev–Trinajstić information content (AvgIpc) is 2.43. The minimum atomic E-state index is -1.84. The van der Waals surface area contributed by atoms with Gasteiger partial charge in [0.15, 0.2) is 0 Å². The van der Waals surface area contributed by atoms with E-state index in [1.54, 1.807) is 0 Å². The Labute approximate surface area is 138 Å². The smallest absolute Gasteiger partial charge is 0.272 e. The van der Waals surface area contributed by atoms with Gasteiger partial charge in [-0.2, -0.15) is 0 Å². The van der Waals surface area contributed by atoms with Crippen molar-refractivity contribution < 1.29 is 4.43 Å². The van der Waals surface area contributed by atoms with Crippen LogP contribution in [0, 0.1) is 19.0 Å². The molecule has 0 saturated carbocycles. The summed E-state index contributed by atoms with van der Waals surface area (Å²) >= 11 is 0. The van der Waals surface area contributed by atoms with E-state index in [1.165, 1.54) is 11.1 Å². The third kappa shape index (κ3) is 4.65. The van der Waals surface area contributed by atoms with Gasteiger partial charge in [0.05, 0.1) is 6.11 Å². The van der Waals surface area contributed by atoms with Gasteiger partial charge in [0.1, 0.15) is 0 Å². The summed E-state index contributed by atoms with van der Waals surface area (Å²) in [4.78, 5) is 0. The largest absolute Gasteiger partial charge is 0.500 e. The predicted molar refractivity (Wildman–Crippen MR) is 99.4 cm³/mol. The molecule has 2 heteroatoms. The molecule has 0 N–H and O–H groups in total. The molecule has 22 heavy (non-hydrogen) atoms. The summed E-state index contributed by atoms with van der Waals surface area (Å²) in [6.45, 7) is 15.9. The van der Waals surface area contributed by atoms with Crippen molar-refractivity contribution in [1.29, 1.82) is 0 Å². The van der Waals surface area contributed by atoms with Gasteiger partial charge in [0.2, 0.25) is 0 Å². The fourth-order valence-corrected chi connectivity index (χ4v) is 8.45. The molecule has 0 spiro atoms. The summed E-state index contributed by atoms with van der Waals surface area (Å²) in [6, 6.07) is 8.70. The van der Waals surface area contributed by atoms with E-state index in [1.807, 2.05) is 0 Å². The molecular formula is C20H32OSi. The minimum absolute atomic E-state index is 0.582. The van der Waals surface area contributed by atoms with E-state index < -0.39 is 8.32 Å². The molecule has 0 aromatic heterocycles. The van der Waals surface area contributed by atoms with Crippen molar-refractivity contribution in [3.05, 3.63) is 35.4 Å². The zero-order chi connectivity index (χ0) is 16.8. The van der Waals surface area contributed by atoms with Crippen LogP contribution < -0.4 is 0 Å². The number of hydrogen-bond donors (Lipinski definition) is 0. The van der Waals surface area contributed by atoms with E-state index in [-0.39, 0.29) is 0 Å². The number of hydrogen-bond acceptors (Lipinski definition) is 1. The third-order valence-corrected chi connectivity index (χ3v) is 10.5. The van der Waals surface area contributed by atoms with Crippen molar-refractivity contribution in [1.82, 2.24) is 0 Å². The normalized spacial score (nSPS) is 11.7. The molecule has 0 radical (unpaired) electrons. The van der Waals surface area contributed by atoms with E-state index in [0.717, 1.165) is 12.8 Å². The zero-order valence-corrected chi connectivity index (χ0v) is 16.4. The van der Waals surface area contributed by atoms with Crippen LogP contribution in [0.3, 0.4) is 0 Å². The maximum absolute atomic E-state index is 6.25. The molecule has 0 atom stereocenters. The molecule has 0 amide bonds. The monoisotopic (exact) mass is 316 g/mol. The second-order valence-electron chi connectivity index (χ2n) is 7.18. The second-order valence-corrected chi connectivity index (χ2v) is 12.6. The molecule has 1 nitrogen and oxygen atoms in total. The van der Waals surface area contributed by atoms with Gasteiger partial charge in [0.25, 0.3) is 8.32 Å². The van der Waals surface area contributed by atoms with Crippen molar-refractivity contribution in [2.45, 2.75) is 77.9 Å². The lowest BCUT2D eigenvalue weighted by atomic mass is 10.1. The van der Waals surface area contributed by atoms with Crippen molar-refractivity contribution in [2.24, 2.45) is 0 Å². The number of rotatable bonds is 6. The highest BCUT2D eigenvalue weighted by atomic mass is 28.4. The topological polar surface area (TPSA) is 9.23 Å². The van der Waals surface area contributed by atoms with E-state index in [9.17, 15) is 0 Å². The lowest BCUT2D eigenvalue weighted by Crippen LogP contribution is -2.46. The van der Waals surface area contributed by atoms with Crippen LogP contribution in [0.1, 0.15) is 59.1 Å². The van der Waals surface area contributed by atoms with Crippen molar-refractivity contribution in [2.75, 3.05) is 0 Å². The van der Waals surface area contributed by atoms with E-state index >= 15 is 0 Å². The highest BCUT2D eigenvalue weighted by molar-refractivity contribution is 6.77. The molecule has 0 unspecified atom stereocenters. The Bertz CT molecular complexity index is 481. The minimum Gasteiger partial charge on any atom is -0.500 e. The quantitative estimate of drug-likeness (QED) is 0.456. The second kappa shape index (κ2) is 8.43. The SMILES string of the molecule is Cc1ccc(CCC#CO[Si](C(C)C)(C(C)C)C(C)C)cc1. The van der Waals surface area contributed by atoms with Crippen LogP contribution in [0.4, 0.5) is 0 Å². The van der Waals surface area contributed by atoms with E-state index in [4.69, 9.17) is 4.43 Å². The van der Waals surface area contributed by atoms with Gasteiger partial charge in [-0.3, -0.25) is 0 Å². The summed E-state index contributed by atoms with van der Waals surface area (Å²) in [5, 5.41) is 0. The molecule has 0 saturated heterocycles. The van der Waals surface area contributed by atoms with Gasteiger partial charge in [-0.1, -0.05) is 77.3 Å². The van der Waals surface area contributed by atoms with Crippen LogP contribution in [0.15, 0.2) is 24.3 Å². The lowest BCUT2D eigenvalue weighted by Gasteiger charge is -2.39. The summed E-state index contributed by atoms with van der Waals surface area (Å²) in [5.41, 5.74) is 4.40. The van der Waals surface area contributed by atoms with Crippen LogP contribution in [-0.2, 0) is 10.8 Å². The van der Waals surface area contributed by atoms with Crippen molar-refractivity contribution in [3.63, 3.8) is 0 Å². The Kier molecular flexibility index (Phi) is 7.23. The Morgan fingerprint density at radius 3 is 1.86 bits per heavy atom. The molecular weight excluding hydrogens is 284 g/mol. The first-order valence-electron chi connectivity index (χ1n) is 8.52. The van der Waals surface area contributed by atoms with Crippen LogP contribution in [0.2, 0.25) is 16.6 Å². The van der Waals surface area contributed by atoms with Crippen LogP contribution in [0.25, 0.3) is 0 Å². The molecule has 0 aliphatic heterocycles. The summed E-state index contributed by atoms with van der Waals surface area (Å²) in [5.74, 6) is 3.23. The molecule has 0 aliphatic carbocycles. The Morgan fingerprint density at radius 1 is 0.909 bits per heavy atom. The van der Waals surface area contributed by atoms with Gasteiger partial charge in [-0.05, 0) is 35.5 Å². The highest BCUT2D eigenvalue weighted by Crippen LogP contribution is 2.41. The van der Waals surface area contributed by atoms with Crippen LogP contribution >= 0.6 is 0 Å². The van der Waals surface area contributed by atoms with Gasteiger partial charge in [-0.25, -0.2) is 0 Å². The van der Waals surface area contributed by atoms with Gasteiger partial charge in [0, 0.05) is 6.42 Å². The predicted octanol–water partition coefficient (Wildman–Crippen LogP) is 6.08. The molecule has 1 aromatic carbocycles. The molecule has 0 heterocycles. The third-order valence-electron chi connectivity index (χ3n) is 4.67.